The average molecular weight is 412 g/mol. The minimum absolute atomic E-state index is 0.285. The van der Waals surface area contributed by atoms with E-state index in [0.29, 0.717) is 31.9 Å². The van der Waals surface area contributed by atoms with Crippen molar-refractivity contribution < 1.29 is 27.4 Å². The smallest absolute Gasteiger partial charge is 0.444 e. The average Bonchev–Trinajstić information content (AvgIpc) is 3.10. The molecule has 0 unspecified atom stereocenters. The molecule has 7 nitrogen and oxygen atoms in total. The van der Waals surface area contributed by atoms with Crippen LogP contribution in [0, 0.1) is 0 Å². The van der Waals surface area contributed by atoms with Gasteiger partial charge in [0.05, 0.1) is 23.8 Å². The summed E-state index contributed by atoms with van der Waals surface area (Å²) in [7, 11) is 0. The number of carbonyl (C=O) groups excluding carboxylic acids is 1. The third-order valence-electron chi connectivity index (χ3n) is 4.20. The molecule has 1 aliphatic rings. The van der Waals surface area contributed by atoms with Crippen molar-refractivity contribution in [3.8, 4) is 11.4 Å². The first kappa shape index (κ1) is 20.8. The number of benzene rings is 1. The highest BCUT2D eigenvalue weighted by atomic mass is 19.4. The van der Waals surface area contributed by atoms with Gasteiger partial charge in [-0.25, -0.2) is 9.48 Å². The zero-order chi connectivity index (χ0) is 21.2. The summed E-state index contributed by atoms with van der Waals surface area (Å²) < 4.78 is 47.6. The fourth-order valence-electron chi connectivity index (χ4n) is 2.89. The molecule has 1 aromatic carbocycles. The molecule has 0 bridgehead atoms. The third kappa shape index (κ3) is 5.78. The molecule has 10 heteroatoms. The maximum Gasteiger partial charge on any atom is 0.573 e. The van der Waals surface area contributed by atoms with Crippen molar-refractivity contribution in [3.63, 3.8) is 0 Å². The predicted molar refractivity (Wildman–Crippen MR) is 100 cm³/mol. The molecule has 0 atom stereocenters. The number of carbonyl (C=O) groups is 1. The van der Waals surface area contributed by atoms with Gasteiger partial charge in [-0.1, -0.05) is 0 Å². The summed E-state index contributed by atoms with van der Waals surface area (Å²) in [6.45, 7) is 7.81. The molecule has 158 valence electrons. The van der Waals surface area contributed by atoms with E-state index in [1.165, 1.54) is 24.3 Å². The quantitative estimate of drug-likeness (QED) is 0.767. The number of nitrogens with zero attached hydrogens (tertiary/aromatic N) is 4. The summed E-state index contributed by atoms with van der Waals surface area (Å²) in [6.07, 6.45) is -1.57. The second-order valence-corrected chi connectivity index (χ2v) is 7.64. The molecule has 0 saturated carbocycles. The predicted octanol–water partition coefficient (Wildman–Crippen LogP) is 3.83. The Labute approximate surface area is 166 Å². The molecular formula is C19H23F3N4O3. The molecule has 0 spiro atoms. The number of piperazine rings is 1. The van der Waals surface area contributed by atoms with Crippen LogP contribution in [0.3, 0.4) is 0 Å². The van der Waals surface area contributed by atoms with E-state index >= 15 is 0 Å². The maximum atomic E-state index is 12.3. The molecule has 2 heterocycles. The number of hydrogen-bond donors (Lipinski definition) is 0. The van der Waals surface area contributed by atoms with E-state index in [1.54, 1.807) is 22.0 Å². The largest absolute Gasteiger partial charge is 0.573 e. The molecular weight excluding hydrogens is 389 g/mol. The normalized spacial score (nSPS) is 15.4. The lowest BCUT2D eigenvalue weighted by Crippen LogP contribution is -2.50. The Bertz CT molecular complexity index is 836. The van der Waals surface area contributed by atoms with Gasteiger partial charge in [0.15, 0.2) is 0 Å². The summed E-state index contributed by atoms with van der Waals surface area (Å²) in [4.78, 5) is 15.9. The Kier molecular flexibility index (Phi) is 5.63. The van der Waals surface area contributed by atoms with Crippen molar-refractivity contribution in [2.24, 2.45) is 0 Å². The summed E-state index contributed by atoms with van der Waals surface area (Å²) in [6, 6.07) is 5.48. The first-order valence-electron chi connectivity index (χ1n) is 9.14. The first-order chi connectivity index (χ1) is 13.5. The van der Waals surface area contributed by atoms with Gasteiger partial charge in [0.25, 0.3) is 0 Å². The highest BCUT2D eigenvalue weighted by Gasteiger charge is 2.31. The number of rotatable bonds is 3. The van der Waals surface area contributed by atoms with E-state index in [2.05, 4.69) is 14.7 Å². The van der Waals surface area contributed by atoms with E-state index in [0.717, 1.165) is 5.69 Å². The SMILES string of the molecule is CC(C)(C)OC(=O)N1CCN(c2cnn(-c3ccc(OC(F)(F)F)cc3)c2)CC1. The second kappa shape index (κ2) is 7.84. The summed E-state index contributed by atoms with van der Waals surface area (Å²) in [5, 5.41) is 4.28. The van der Waals surface area contributed by atoms with Crippen LogP contribution in [-0.2, 0) is 4.74 Å². The van der Waals surface area contributed by atoms with Crippen molar-refractivity contribution in [1.82, 2.24) is 14.7 Å². The van der Waals surface area contributed by atoms with Gasteiger partial charge < -0.3 is 19.3 Å². The molecule has 0 radical (unpaired) electrons. The summed E-state index contributed by atoms with van der Waals surface area (Å²) in [5.41, 5.74) is 0.943. The second-order valence-electron chi connectivity index (χ2n) is 7.64. The molecule has 0 aliphatic carbocycles. The maximum absolute atomic E-state index is 12.3. The van der Waals surface area contributed by atoms with E-state index in [1.807, 2.05) is 20.8 Å². The van der Waals surface area contributed by atoms with Gasteiger partial charge in [-0.15, -0.1) is 13.2 Å². The highest BCUT2D eigenvalue weighted by molar-refractivity contribution is 5.68. The highest BCUT2D eigenvalue weighted by Crippen LogP contribution is 2.24. The van der Waals surface area contributed by atoms with Gasteiger partial charge in [0.2, 0.25) is 0 Å². The van der Waals surface area contributed by atoms with Crippen LogP contribution in [0.2, 0.25) is 0 Å². The van der Waals surface area contributed by atoms with Crippen molar-refractivity contribution in [2.45, 2.75) is 32.7 Å². The number of alkyl halides is 3. The van der Waals surface area contributed by atoms with Crippen LogP contribution in [0.1, 0.15) is 20.8 Å². The molecule has 1 aromatic heterocycles. The van der Waals surface area contributed by atoms with Crippen LogP contribution in [0.4, 0.5) is 23.7 Å². The number of hydrogen-bond acceptors (Lipinski definition) is 5. The Hall–Kier alpha value is -2.91. The first-order valence-corrected chi connectivity index (χ1v) is 9.14. The summed E-state index contributed by atoms with van der Waals surface area (Å²) >= 11 is 0. The van der Waals surface area contributed by atoms with Crippen LogP contribution in [0.15, 0.2) is 36.7 Å². The van der Waals surface area contributed by atoms with Crippen molar-refractivity contribution >= 4 is 11.8 Å². The molecule has 29 heavy (non-hydrogen) atoms. The minimum Gasteiger partial charge on any atom is -0.444 e. The van der Waals surface area contributed by atoms with Crippen LogP contribution in [0.5, 0.6) is 5.75 Å². The van der Waals surface area contributed by atoms with Crippen molar-refractivity contribution in [1.29, 1.82) is 0 Å². The van der Waals surface area contributed by atoms with Gasteiger partial charge in [0.1, 0.15) is 11.4 Å². The van der Waals surface area contributed by atoms with Gasteiger partial charge in [0, 0.05) is 26.2 Å². The van der Waals surface area contributed by atoms with Gasteiger partial charge in [-0.05, 0) is 45.0 Å². The number of amides is 1. The molecule has 2 aromatic rings. The van der Waals surface area contributed by atoms with Crippen LogP contribution < -0.4 is 9.64 Å². The van der Waals surface area contributed by atoms with Crippen molar-refractivity contribution in [2.75, 3.05) is 31.1 Å². The lowest BCUT2D eigenvalue weighted by molar-refractivity contribution is -0.274. The Morgan fingerprint density at radius 3 is 2.17 bits per heavy atom. The Morgan fingerprint density at radius 2 is 1.62 bits per heavy atom. The molecule has 1 aliphatic heterocycles. The van der Waals surface area contributed by atoms with E-state index < -0.39 is 12.0 Å². The summed E-state index contributed by atoms with van der Waals surface area (Å²) in [5.74, 6) is -0.285. The van der Waals surface area contributed by atoms with E-state index in [4.69, 9.17) is 4.74 Å². The third-order valence-corrected chi connectivity index (χ3v) is 4.20. The van der Waals surface area contributed by atoms with Gasteiger partial charge in [-0.2, -0.15) is 5.10 Å². The number of anilines is 1. The Morgan fingerprint density at radius 1 is 1.00 bits per heavy atom. The Balaban J connectivity index is 1.59. The van der Waals surface area contributed by atoms with Crippen LogP contribution in [0.25, 0.3) is 5.69 Å². The van der Waals surface area contributed by atoms with E-state index in [9.17, 15) is 18.0 Å². The zero-order valence-electron chi connectivity index (χ0n) is 16.4. The topological polar surface area (TPSA) is 59.8 Å². The molecule has 1 amide bonds. The standard InChI is InChI=1S/C19H23F3N4O3/c1-18(2,3)29-17(27)25-10-8-24(9-11-25)15-12-23-26(13-15)14-4-6-16(7-5-14)28-19(20,21)22/h4-7,12-13H,8-11H2,1-3H3. The molecule has 1 fully saturated rings. The fourth-order valence-corrected chi connectivity index (χ4v) is 2.89. The molecule has 1 saturated heterocycles. The lowest BCUT2D eigenvalue weighted by atomic mass is 10.2. The van der Waals surface area contributed by atoms with Crippen molar-refractivity contribution in [3.05, 3.63) is 36.7 Å². The number of ether oxygens (including phenoxy) is 2. The number of halogens is 3. The van der Waals surface area contributed by atoms with Crippen LogP contribution >= 0.6 is 0 Å². The molecule has 3 rings (SSSR count). The minimum atomic E-state index is -4.72. The zero-order valence-corrected chi connectivity index (χ0v) is 16.4. The van der Waals surface area contributed by atoms with E-state index in [-0.39, 0.29) is 11.8 Å². The van der Waals surface area contributed by atoms with Gasteiger partial charge in [-0.3, -0.25) is 0 Å². The van der Waals surface area contributed by atoms with Gasteiger partial charge >= 0.3 is 12.5 Å². The van der Waals surface area contributed by atoms with Crippen LogP contribution in [-0.4, -0.2) is 58.9 Å². The fraction of sp³-hybridized carbons (Fsp3) is 0.474. The molecule has 0 N–H and O–H groups in total. The number of aromatic nitrogens is 2. The lowest BCUT2D eigenvalue weighted by Gasteiger charge is -2.36. The monoisotopic (exact) mass is 412 g/mol.